The highest BCUT2D eigenvalue weighted by Gasteiger charge is 2.33. The summed E-state index contributed by atoms with van der Waals surface area (Å²) in [6.07, 6.45) is 4.99. The second-order valence-corrected chi connectivity index (χ2v) is 5.05. The van der Waals surface area contributed by atoms with Crippen molar-refractivity contribution in [1.29, 1.82) is 0 Å². The van der Waals surface area contributed by atoms with Gasteiger partial charge in [-0.25, -0.2) is 0 Å². The SMILES string of the molecule is CC1(N2CCCNCCC2)CCOCC1. The summed E-state index contributed by atoms with van der Waals surface area (Å²) in [5.74, 6) is 0. The zero-order chi connectivity index (χ0) is 10.6. The van der Waals surface area contributed by atoms with Crippen LogP contribution in [-0.2, 0) is 4.74 Å². The Morgan fingerprint density at radius 2 is 1.67 bits per heavy atom. The van der Waals surface area contributed by atoms with Gasteiger partial charge in [-0.15, -0.1) is 0 Å². The van der Waals surface area contributed by atoms with Crippen LogP contribution >= 0.6 is 0 Å². The molecule has 0 aromatic carbocycles. The molecule has 0 saturated carbocycles. The fraction of sp³-hybridized carbons (Fsp3) is 1.00. The molecule has 2 aliphatic heterocycles. The van der Waals surface area contributed by atoms with Gasteiger partial charge in [-0.1, -0.05) is 0 Å². The van der Waals surface area contributed by atoms with Crippen LogP contribution in [0.1, 0.15) is 32.6 Å². The molecule has 3 nitrogen and oxygen atoms in total. The van der Waals surface area contributed by atoms with Crippen molar-refractivity contribution in [2.45, 2.75) is 38.1 Å². The molecule has 15 heavy (non-hydrogen) atoms. The van der Waals surface area contributed by atoms with Crippen molar-refractivity contribution in [3.8, 4) is 0 Å². The molecular weight excluding hydrogens is 188 g/mol. The summed E-state index contributed by atoms with van der Waals surface area (Å²) in [6.45, 7) is 9.19. The molecule has 0 amide bonds. The van der Waals surface area contributed by atoms with Gasteiger partial charge in [0.05, 0.1) is 0 Å². The fourth-order valence-electron chi connectivity index (χ4n) is 2.69. The van der Waals surface area contributed by atoms with Gasteiger partial charge in [0, 0.05) is 18.8 Å². The number of nitrogens with one attached hydrogen (secondary N) is 1. The highest BCUT2D eigenvalue weighted by atomic mass is 16.5. The first-order chi connectivity index (χ1) is 7.31. The van der Waals surface area contributed by atoms with Gasteiger partial charge in [0.15, 0.2) is 0 Å². The predicted molar refractivity (Wildman–Crippen MR) is 62.1 cm³/mol. The fourth-order valence-corrected chi connectivity index (χ4v) is 2.69. The minimum atomic E-state index is 0.412. The first-order valence-corrected chi connectivity index (χ1v) is 6.35. The van der Waals surface area contributed by atoms with Crippen LogP contribution in [-0.4, -0.2) is 49.8 Å². The lowest BCUT2D eigenvalue weighted by molar-refractivity contribution is -0.0211. The van der Waals surface area contributed by atoms with E-state index >= 15 is 0 Å². The number of rotatable bonds is 1. The molecule has 0 aromatic rings. The summed E-state index contributed by atoms with van der Waals surface area (Å²) in [4.78, 5) is 2.70. The summed E-state index contributed by atoms with van der Waals surface area (Å²) in [7, 11) is 0. The molecule has 2 fully saturated rings. The molecule has 2 saturated heterocycles. The standard InChI is InChI=1S/C12H24N2O/c1-12(4-10-15-11-5-12)14-8-2-6-13-7-3-9-14/h13H,2-11H2,1H3. The van der Waals surface area contributed by atoms with Crippen molar-refractivity contribution in [2.75, 3.05) is 39.4 Å². The number of hydrogen-bond donors (Lipinski definition) is 1. The molecule has 3 heteroatoms. The van der Waals surface area contributed by atoms with E-state index in [0.717, 1.165) is 13.2 Å². The highest BCUT2D eigenvalue weighted by Crippen LogP contribution is 2.27. The number of nitrogens with zero attached hydrogens (tertiary/aromatic N) is 1. The lowest BCUT2D eigenvalue weighted by Gasteiger charge is -2.44. The smallest absolute Gasteiger partial charge is 0.0483 e. The third kappa shape index (κ3) is 2.92. The van der Waals surface area contributed by atoms with E-state index in [-0.39, 0.29) is 0 Å². The summed E-state index contributed by atoms with van der Waals surface area (Å²) in [5.41, 5.74) is 0.412. The third-order valence-electron chi connectivity index (χ3n) is 3.90. The van der Waals surface area contributed by atoms with E-state index in [0.29, 0.717) is 5.54 Å². The number of ether oxygens (including phenoxy) is 1. The normalized spacial score (nSPS) is 29.4. The summed E-state index contributed by atoms with van der Waals surface area (Å²) >= 11 is 0. The van der Waals surface area contributed by atoms with Gasteiger partial charge in [-0.3, -0.25) is 4.90 Å². The Morgan fingerprint density at radius 1 is 1.07 bits per heavy atom. The van der Waals surface area contributed by atoms with Crippen LogP contribution < -0.4 is 5.32 Å². The van der Waals surface area contributed by atoms with E-state index in [1.54, 1.807) is 0 Å². The van der Waals surface area contributed by atoms with Crippen LogP contribution in [0.2, 0.25) is 0 Å². The molecule has 0 radical (unpaired) electrons. The van der Waals surface area contributed by atoms with E-state index in [9.17, 15) is 0 Å². The van der Waals surface area contributed by atoms with E-state index in [1.165, 1.54) is 51.9 Å². The van der Waals surface area contributed by atoms with Gasteiger partial charge in [0.25, 0.3) is 0 Å². The Balaban J connectivity index is 1.92. The zero-order valence-corrected chi connectivity index (χ0v) is 9.93. The maximum absolute atomic E-state index is 5.47. The molecule has 0 aliphatic carbocycles. The van der Waals surface area contributed by atoms with Gasteiger partial charge < -0.3 is 10.1 Å². The molecule has 0 spiro atoms. The summed E-state index contributed by atoms with van der Waals surface area (Å²) < 4.78 is 5.47. The molecule has 2 aliphatic rings. The van der Waals surface area contributed by atoms with Crippen LogP contribution in [0.4, 0.5) is 0 Å². The summed E-state index contributed by atoms with van der Waals surface area (Å²) in [5, 5.41) is 3.47. The van der Waals surface area contributed by atoms with Gasteiger partial charge in [0.1, 0.15) is 0 Å². The quantitative estimate of drug-likeness (QED) is 0.708. The predicted octanol–water partition coefficient (Wildman–Crippen LogP) is 1.24. The lowest BCUT2D eigenvalue weighted by atomic mass is 9.89. The third-order valence-corrected chi connectivity index (χ3v) is 3.90. The topological polar surface area (TPSA) is 24.5 Å². The van der Waals surface area contributed by atoms with Crippen LogP contribution in [0.25, 0.3) is 0 Å². The van der Waals surface area contributed by atoms with Gasteiger partial charge >= 0.3 is 0 Å². The van der Waals surface area contributed by atoms with Crippen molar-refractivity contribution < 1.29 is 4.74 Å². The average Bonchev–Trinajstić information content (AvgIpc) is 2.17. The minimum Gasteiger partial charge on any atom is -0.381 e. The Labute approximate surface area is 93.2 Å². The molecule has 2 rings (SSSR count). The minimum absolute atomic E-state index is 0.412. The first kappa shape index (κ1) is 11.4. The molecule has 2 heterocycles. The van der Waals surface area contributed by atoms with E-state index in [4.69, 9.17) is 4.74 Å². The summed E-state index contributed by atoms with van der Waals surface area (Å²) in [6, 6.07) is 0. The van der Waals surface area contributed by atoms with Crippen molar-refractivity contribution in [1.82, 2.24) is 10.2 Å². The molecule has 0 atom stereocenters. The molecule has 0 aromatic heterocycles. The van der Waals surface area contributed by atoms with E-state index in [2.05, 4.69) is 17.1 Å². The lowest BCUT2D eigenvalue weighted by Crippen LogP contribution is -2.52. The van der Waals surface area contributed by atoms with Crippen molar-refractivity contribution >= 4 is 0 Å². The van der Waals surface area contributed by atoms with Gasteiger partial charge in [-0.2, -0.15) is 0 Å². The van der Waals surface area contributed by atoms with Gasteiger partial charge in [-0.05, 0) is 58.8 Å². The molecule has 1 N–H and O–H groups in total. The van der Waals surface area contributed by atoms with Gasteiger partial charge in [0.2, 0.25) is 0 Å². The second kappa shape index (κ2) is 5.28. The largest absolute Gasteiger partial charge is 0.381 e. The van der Waals surface area contributed by atoms with Crippen molar-refractivity contribution in [2.24, 2.45) is 0 Å². The average molecular weight is 212 g/mol. The monoisotopic (exact) mass is 212 g/mol. The van der Waals surface area contributed by atoms with Crippen LogP contribution in [0.3, 0.4) is 0 Å². The van der Waals surface area contributed by atoms with Crippen LogP contribution in [0.15, 0.2) is 0 Å². The van der Waals surface area contributed by atoms with Crippen LogP contribution in [0, 0.1) is 0 Å². The maximum Gasteiger partial charge on any atom is 0.0483 e. The zero-order valence-electron chi connectivity index (χ0n) is 9.93. The molecule has 88 valence electrons. The maximum atomic E-state index is 5.47. The van der Waals surface area contributed by atoms with E-state index < -0.39 is 0 Å². The van der Waals surface area contributed by atoms with Crippen molar-refractivity contribution in [3.63, 3.8) is 0 Å². The molecule has 0 bridgehead atoms. The van der Waals surface area contributed by atoms with E-state index in [1.807, 2.05) is 0 Å². The first-order valence-electron chi connectivity index (χ1n) is 6.35. The Hall–Kier alpha value is -0.120. The number of hydrogen-bond acceptors (Lipinski definition) is 3. The Morgan fingerprint density at radius 3 is 2.27 bits per heavy atom. The molecule has 0 unspecified atom stereocenters. The van der Waals surface area contributed by atoms with Crippen molar-refractivity contribution in [3.05, 3.63) is 0 Å². The second-order valence-electron chi connectivity index (χ2n) is 5.05. The Kier molecular flexibility index (Phi) is 4.00. The Bertz CT molecular complexity index is 182. The highest BCUT2D eigenvalue weighted by molar-refractivity contribution is 4.89. The molecular formula is C12H24N2O. The van der Waals surface area contributed by atoms with Crippen LogP contribution in [0.5, 0.6) is 0 Å².